The van der Waals surface area contributed by atoms with Gasteiger partial charge in [-0.25, -0.2) is 0 Å². The van der Waals surface area contributed by atoms with Crippen LogP contribution in [0.4, 0.5) is 0 Å². The first-order valence-corrected chi connectivity index (χ1v) is 9.62. The fourth-order valence-corrected chi connectivity index (χ4v) is 4.61. The van der Waals surface area contributed by atoms with Crippen LogP contribution in [0.25, 0.3) is 21.5 Å². The van der Waals surface area contributed by atoms with E-state index < -0.39 is 0 Å². The summed E-state index contributed by atoms with van der Waals surface area (Å²) < 4.78 is 0. The summed E-state index contributed by atoms with van der Waals surface area (Å²) in [5.74, 6) is 0.568. The van der Waals surface area contributed by atoms with Crippen LogP contribution in [-0.4, -0.2) is 10.2 Å². The van der Waals surface area contributed by atoms with Crippen LogP contribution in [0.1, 0.15) is 0 Å². The van der Waals surface area contributed by atoms with Crippen molar-refractivity contribution < 1.29 is 10.2 Å². The highest BCUT2D eigenvalue weighted by Crippen LogP contribution is 2.39. The number of benzene rings is 4. The van der Waals surface area contributed by atoms with Gasteiger partial charge in [0.15, 0.2) is 0 Å². The summed E-state index contributed by atoms with van der Waals surface area (Å²) in [5.41, 5.74) is 0. The molecule has 4 rings (SSSR count). The molecule has 0 unspecified atom stereocenters. The number of phenols is 2. The second-order valence-electron chi connectivity index (χ2n) is 5.55. The molecular formula is C20H14O2S2. The fraction of sp³-hybridized carbons (Fsp3) is 0. The van der Waals surface area contributed by atoms with Crippen LogP contribution in [0.3, 0.4) is 0 Å². The molecule has 0 heterocycles. The van der Waals surface area contributed by atoms with Crippen LogP contribution >= 0.6 is 21.6 Å². The molecule has 0 saturated heterocycles. The zero-order chi connectivity index (χ0) is 16.5. The molecular weight excluding hydrogens is 336 g/mol. The quantitative estimate of drug-likeness (QED) is 0.431. The van der Waals surface area contributed by atoms with Crippen LogP contribution in [0.2, 0.25) is 0 Å². The van der Waals surface area contributed by atoms with Gasteiger partial charge in [0.05, 0.1) is 0 Å². The predicted octanol–water partition coefficient (Wildman–Crippen LogP) is 6.20. The Morgan fingerprint density at radius 3 is 1.33 bits per heavy atom. The molecule has 0 aliphatic heterocycles. The molecule has 0 fully saturated rings. The van der Waals surface area contributed by atoms with Crippen molar-refractivity contribution in [3.8, 4) is 11.5 Å². The Bertz CT molecular complexity index is 959. The van der Waals surface area contributed by atoms with Crippen LogP contribution in [0.15, 0.2) is 82.6 Å². The van der Waals surface area contributed by atoms with Crippen LogP contribution in [0.5, 0.6) is 11.5 Å². The third-order valence-electron chi connectivity index (χ3n) is 3.82. The highest BCUT2D eigenvalue weighted by molar-refractivity contribution is 8.76. The lowest BCUT2D eigenvalue weighted by Gasteiger charge is -2.05. The van der Waals surface area contributed by atoms with E-state index in [0.29, 0.717) is 0 Å². The van der Waals surface area contributed by atoms with E-state index in [1.54, 1.807) is 45.9 Å². The fourth-order valence-electron chi connectivity index (χ4n) is 2.62. The Hall–Kier alpha value is -2.30. The number of fused-ring (bicyclic) bond motifs is 2. The van der Waals surface area contributed by atoms with E-state index in [1.807, 2.05) is 12.1 Å². The minimum atomic E-state index is 0.284. The normalized spacial score (nSPS) is 11.2. The average molecular weight is 350 g/mol. The van der Waals surface area contributed by atoms with Crippen LogP contribution in [-0.2, 0) is 0 Å². The zero-order valence-electron chi connectivity index (χ0n) is 12.6. The maximum atomic E-state index is 9.62. The van der Waals surface area contributed by atoms with Gasteiger partial charge in [0.2, 0.25) is 0 Å². The Kier molecular flexibility index (Phi) is 4.00. The number of phenolic OH excluding ortho intramolecular Hbond substituents is 2. The van der Waals surface area contributed by atoms with Crippen LogP contribution < -0.4 is 0 Å². The van der Waals surface area contributed by atoms with Gasteiger partial charge < -0.3 is 10.2 Å². The molecule has 2 nitrogen and oxygen atoms in total. The van der Waals surface area contributed by atoms with Gasteiger partial charge in [-0.3, -0.25) is 0 Å². The smallest absolute Gasteiger partial charge is 0.116 e. The standard InChI is InChI=1S/C20H14O2S2/c21-17-5-1-13-3-7-19(11-15(13)9-17)23-24-20-8-4-14-2-6-18(22)10-16(14)12-20/h1-12,21-22H. The maximum Gasteiger partial charge on any atom is 0.116 e. The lowest BCUT2D eigenvalue weighted by atomic mass is 10.1. The molecule has 0 aromatic heterocycles. The monoisotopic (exact) mass is 350 g/mol. The maximum absolute atomic E-state index is 9.62. The molecule has 4 aromatic carbocycles. The molecule has 0 aliphatic carbocycles. The lowest BCUT2D eigenvalue weighted by molar-refractivity contribution is 0.475. The largest absolute Gasteiger partial charge is 0.508 e. The summed E-state index contributed by atoms with van der Waals surface area (Å²) in [6.45, 7) is 0. The molecule has 0 bridgehead atoms. The first-order chi connectivity index (χ1) is 11.7. The van der Waals surface area contributed by atoms with Crippen molar-refractivity contribution in [3.63, 3.8) is 0 Å². The van der Waals surface area contributed by atoms with Gasteiger partial charge in [-0.2, -0.15) is 0 Å². The summed E-state index contributed by atoms with van der Waals surface area (Å²) in [4.78, 5) is 2.27. The number of hydrogen-bond donors (Lipinski definition) is 2. The van der Waals surface area contributed by atoms with E-state index in [0.717, 1.165) is 31.3 Å². The highest BCUT2D eigenvalue weighted by atomic mass is 33.1. The zero-order valence-corrected chi connectivity index (χ0v) is 14.3. The third-order valence-corrected chi connectivity index (χ3v) is 6.21. The summed E-state index contributed by atoms with van der Waals surface area (Å²) >= 11 is 0. The van der Waals surface area contributed by atoms with Crippen molar-refractivity contribution in [1.82, 2.24) is 0 Å². The first-order valence-electron chi connectivity index (χ1n) is 7.47. The molecule has 0 amide bonds. The Morgan fingerprint density at radius 2 is 0.875 bits per heavy atom. The second-order valence-corrected chi connectivity index (χ2v) is 7.83. The third kappa shape index (κ3) is 3.16. The van der Waals surface area contributed by atoms with Gasteiger partial charge >= 0.3 is 0 Å². The molecule has 0 radical (unpaired) electrons. The van der Waals surface area contributed by atoms with Crippen molar-refractivity contribution in [1.29, 1.82) is 0 Å². The molecule has 0 spiro atoms. The molecule has 2 N–H and O–H groups in total. The SMILES string of the molecule is Oc1ccc2ccc(SSc3ccc4ccc(O)cc4c3)cc2c1. The Labute approximate surface area is 147 Å². The van der Waals surface area contributed by atoms with E-state index >= 15 is 0 Å². The van der Waals surface area contributed by atoms with E-state index in [2.05, 4.69) is 36.4 Å². The molecule has 0 saturated carbocycles. The first kappa shape index (κ1) is 15.2. The molecule has 118 valence electrons. The summed E-state index contributed by atoms with van der Waals surface area (Å²) in [6, 6.07) is 23.3. The van der Waals surface area contributed by atoms with Crippen molar-refractivity contribution in [2.24, 2.45) is 0 Å². The highest BCUT2D eigenvalue weighted by Gasteiger charge is 2.03. The molecule has 24 heavy (non-hydrogen) atoms. The molecule has 0 atom stereocenters. The summed E-state index contributed by atoms with van der Waals surface area (Å²) in [5, 5.41) is 23.5. The Morgan fingerprint density at radius 1 is 0.458 bits per heavy atom. The van der Waals surface area contributed by atoms with Gasteiger partial charge in [0.1, 0.15) is 11.5 Å². The average Bonchev–Trinajstić information content (AvgIpc) is 2.59. The molecule has 0 aliphatic rings. The van der Waals surface area contributed by atoms with Gasteiger partial charge in [0, 0.05) is 9.79 Å². The van der Waals surface area contributed by atoms with Gasteiger partial charge in [-0.15, -0.1) is 0 Å². The minimum absolute atomic E-state index is 0.284. The predicted molar refractivity (Wildman–Crippen MR) is 103 cm³/mol. The van der Waals surface area contributed by atoms with E-state index in [-0.39, 0.29) is 11.5 Å². The van der Waals surface area contributed by atoms with Gasteiger partial charge in [-0.05, 0) is 70.1 Å². The molecule has 4 heteroatoms. The number of rotatable bonds is 3. The van der Waals surface area contributed by atoms with Gasteiger partial charge in [0.25, 0.3) is 0 Å². The molecule has 4 aromatic rings. The van der Waals surface area contributed by atoms with Crippen molar-refractivity contribution in [3.05, 3.63) is 72.8 Å². The van der Waals surface area contributed by atoms with E-state index in [1.165, 1.54) is 0 Å². The van der Waals surface area contributed by atoms with E-state index in [9.17, 15) is 10.2 Å². The minimum Gasteiger partial charge on any atom is -0.508 e. The number of hydrogen-bond acceptors (Lipinski definition) is 4. The van der Waals surface area contributed by atoms with Crippen LogP contribution in [0, 0.1) is 0 Å². The van der Waals surface area contributed by atoms with Gasteiger partial charge in [-0.1, -0.05) is 45.9 Å². The lowest BCUT2D eigenvalue weighted by Crippen LogP contribution is -1.76. The van der Waals surface area contributed by atoms with E-state index in [4.69, 9.17) is 0 Å². The second kappa shape index (κ2) is 6.30. The topological polar surface area (TPSA) is 40.5 Å². The van der Waals surface area contributed by atoms with Crippen molar-refractivity contribution in [2.45, 2.75) is 9.79 Å². The summed E-state index contributed by atoms with van der Waals surface area (Å²) in [7, 11) is 3.36. The Balaban J connectivity index is 1.58. The number of aromatic hydroxyl groups is 2. The van der Waals surface area contributed by atoms with Crippen molar-refractivity contribution >= 4 is 43.1 Å². The summed E-state index contributed by atoms with van der Waals surface area (Å²) in [6.07, 6.45) is 0. The van der Waals surface area contributed by atoms with Crippen molar-refractivity contribution in [2.75, 3.05) is 0 Å².